The summed E-state index contributed by atoms with van der Waals surface area (Å²) in [4.78, 5) is 15.5. The van der Waals surface area contributed by atoms with Gasteiger partial charge in [-0.15, -0.1) is 0 Å². The van der Waals surface area contributed by atoms with Crippen molar-refractivity contribution in [1.29, 1.82) is 0 Å². The molecule has 0 fully saturated rings. The first-order valence-corrected chi connectivity index (χ1v) is 5.30. The van der Waals surface area contributed by atoms with E-state index in [0.29, 0.717) is 13.0 Å². The summed E-state index contributed by atoms with van der Waals surface area (Å²) in [6.07, 6.45) is 3.39. The summed E-state index contributed by atoms with van der Waals surface area (Å²) in [6, 6.07) is 0. The Morgan fingerprint density at radius 1 is 1.53 bits per heavy atom. The number of aromatic amines is 1. The van der Waals surface area contributed by atoms with Crippen molar-refractivity contribution >= 4 is 11.6 Å². The average Bonchev–Trinajstić information content (AvgIpc) is 2.91. The van der Waals surface area contributed by atoms with E-state index >= 15 is 0 Å². The minimum Gasteiger partial charge on any atom is -0.323 e. The minimum atomic E-state index is -0.0619. The van der Waals surface area contributed by atoms with Crippen molar-refractivity contribution < 1.29 is 4.79 Å². The second kappa shape index (κ2) is 4.77. The molecule has 0 bridgehead atoms. The van der Waals surface area contributed by atoms with Crippen LogP contribution in [0.5, 0.6) is 0 Å². The molecule has 0 aliphatic rings. The normalized spacial score (nSPS) is 10.5. The lowest BCUT2D eigenvalue weighted by atomic mass is 10.3. The highest BCUT2D eigenvalue weighted by molar-refractivity contribution is 5.91. The molecule has 0 saturated heterocycles. The summed E-state index contributed by atoms with van der Waals surface area (Å²) in [5.74, 6) is -0.0619. The van der Waals surface area contributed by atoms with Gasteiger partial charge in [0.1, 0.15) is 12.7 Å². The van der Waals surface area contributed by atoms with Crippen LogP contribution in [-0.4, -0.2) is 30.9 Å². The third-order valence-corrected chi connectivity index (χ3v) is 2.43. The van der Waals surface area contributed by atoms with Crippen molar-refractivity contribution in [1.82, 2.24) is 25.0 Å². The molecular weight excluding hydrogens is 220 g/mol. The van der Waals surface area contributed by atoms with Gasteiger partial charge in [0.05, 0.1) is 23.6 Å². The summed E-state index contributed by atoms with van der Waals surface area (Å²) in [7, 11) is 0. The molecule has 2 aromatic rings. The third-order valence-electron chi connectivity index (χ3n) is 2.43. The number of aryl methyl sites for hydroxylation is 3. The van der Waals surface area contributed by atoms with E-state index in [9.17, 15) is 4.79 Å². The molecule has 0 unspecified atom stereocenters. The lowest BCUT2D eigenvalue weighted by Crippen LogP contribution is -2.15. The standard InChI is InChI=1S/C10H14N6O/c1-7-10(8(2)15-14-7)13-9(17)3-4-16-6-11-5-12-16/h5-6H,3-4H2,1-2H3,(H,13,17)(H,14,15). The molecule has 7 heteroatoms. The van der Waals surface area contributed by atoms with Gasteiger partial charge < -0.3 is 5.32 Å². The molecule has 17 heavy (non-hydrogen) atoms. The largest absolute Gasteiger partial charge is 0.323 e. The number of amides is 1. The van der Waals surface area contributed by atoms with E-state index in [4.69, 9.17) is 0 Å². The first-order chi connectivity index (χ1) is 8.16. The zero-order valence-electron chi connectivity index (χ0n) is 9.77. The van der Waals surface area contributed by atoms with Crippen LogP contribution < -0.4 is 5.32 Å². The Bertz CT molecular complexity index is 481. The van der Waals surface area contributed by atoms with Gasteiger partial charge in [0.15, 0.2) is 0 Å². The molecule has 7 nitrogen and oxygen atoms in total. The van der Waals surface area contributed by atoms with Gasteiger partial charge >= 0.3 is 0 Å². The molecule has 0 spiro atoms. The van der Waals surface area contributed by atoms with Gasteiger partial charge in [-0.25, -0.2) is 4.98 Å². The predicted molar refractivity (Wildman–Crippen MR) is 61.3 cm³/mol. The van der Waals surface area contributed by atoms with Crippen LogP contribution in [0.4, 0.5) is 5.69 Å². The second-order valence-electron chi connectivity index (χ2n) is 3.77. The minimum absolute atomic E-state index is 0.0619. The van der Waals surface area contributed by atoms with Crippen LogP contribution in [0.25, 0.3) is 0 Å². The number of rotatable bonds is 4. The lowest BCUT2D eigenvalue weighted by Gasteiger charge is -2.04. The van der Waals surface area contributed by atoms with Crippen molar-refractivity contribution in [3.8, 4) is 0 Å². The fourth-order valence-electron chi connectivity index (χ4n) is 1.50. The zero-order valence-corrected chi connectivity index (χ0v) is 9.77. The Balaban J connectivity index is 1.89. The van der Waals surface area contributed by atoms with Crippen LogP contribution in [0.15, 0.2) is 12.7 Å². The highest BCUT2D eigenvalue weighted by atomic mass is 16.1. The predicted octanol–water partition coefficient (Wildman–Crippen LogP) is 0.647. The van der Waals surface area contributed by atoms with Crippen LogP contribution in [0, 0.1) is 13.8 Å². The fraction of sp³-hybridized carbons (Fsp3) is 0.400. The summed E-state index contributed by atoms with van der Waals surface area (Å²) in [5, 5.41) is 13.6. The number of carbonyl (C=O) groups excluding carboxylic acids is 1. The summed E-state index contributed by atoms with van der Waals surface area (Å²) in [6.45, 7) is 4.23. The molecule has 90 valence electrons. The maximum absolute atomic E-state index is 11.7. The molecule has 0 atom stereocenters. The Labute approximate surface area is 98.2 Å². The van der Waals surface area contributed by atoms with Crippen molar-refractivity contribution in [3.63, 3.8) is 0 Å². The molecule has 0 saturated carbocycles. The SMILES string of the molecule is Cc1n[nH]c(C)c1NC(=O)CCn1cncn1. The monoisotopic (exact) mass is 234 g/mol. The maximum atomic E-state index is 11.7. The topological polar surface area (TPSA) is 88.5 Å². The van der Waals surface area contributed by atoms with Crippen LogP contribution in [0.1, 0.15) is 17.8 Å². The fourth-order valence-corrected chi connectivity index (χ4v) is 1.50. The van der Waals surface area contributed by atoms with Crippen LogP contribution in [-0.2, 0) is 11.3 Å². The van der Waals surface area contributed by atoms with Gasteiger partial charge in [-0.1, -0.05) is 0 Å². The second-order valence-corrected chi connectivity index (χ2v) is 3.77. The first-order valence-electron chi connectivity index (χ1n) is 5.30. The van der Waals surface area contributed by atoms with Gasteiger partial charge in [-0.3, -0.25) is 14.6 Å². The number of hydrogen-bond acceptors (Lipinski definition) is 4. The van der Waals surface area contributed by atoms with Crippen LogP contribution in [0.2, 0.25) is 0 Å². The van der Waals surface area contributed by atoms with Crippen molar-refractivity contribution in [2.45, 2.75) is 26.8 Å². The number of nitrogens with one attached hydrogen (secondary N) is 2. The van der Waals surface area contributed by atoms with Gasteiger partial charge in [0.25, 0.3) is 0 Å². The van der Waals surface area contributed by atoms with Gasteiger partial charge in [-0.2, -0.15) is 10.2 Å². The molecule has 0 aliphatic carbocycles. The average molecular weight is 234 g/mol. The summed E-state index contributed by atoms with van der Waals surface area (Å²) < 4.78 is 1.62. The summed E-state index contributed by atoms with van der Waals surface area (Å²) >= 11 is 0. The van der Waals surface area contributed by atoms with E-state index in [1.54, 1.807) is 11.0 Å². The van der Waals surface area contributed by atoms with E-state index in [2.05, 4.69) is 25.6 Å². The van der Waals surface area contributed by atoms with E-state index < -0.39 is 0 Å². The third kappa shape index (κ3) is 2.68. The molecule has 2 N–H and O–H groups in total. The maximum Gasteiger partial charge on any atom is 0.226 e. The van der Waals surface area contributed by atoms with E-state index in [0.717, 1.165) is 17.1 Å². The van der Waals surface area contributed by atoms with Gasteiger partial charge in [0, 0.05) is 6.42 Å². The van der Waals surface area contributed by atoms with Gasteiger partial charge in [0.2, 0.25) is 5.91 Å². The first kappa shape index (κ1) is 11.3. The molecule has 0 radical (unpaired) electrons. The van der Waals surface area contributed by atoms with Crippen LogP contribution in [0.3, 0.4) is 0 Å². The number of hydrogen-bond donors (Lipinski definition) is 2. The Kier molecular flexibility index (Phi) is 3.17. The molecule has 2 heterocycles. The zero-order chi connectivity index (χ0) is 12.3. The van der Waals surface area contributed by atoms with Gasteiger partial charge in [-0.05, 0) is 13.8 Å². The quantitative estimate of drug-likeness (QED) is 0.812. The Hall–Kier alpha value is -2.18. The molecule has 2 rings (SSSR count). The molecular formula is C10H14N6O. The molecule has 0 aromatic carbocycles. The molecule has 0 aliphatic heterocycles. The van der Waals surface area contributed by atoms with E-state index in [1.807, 2.05) is 13.8 Å². The van der Waals surface area contributed by atoms with E-state index in [1.165, 1.54) is 6.33 Å². The highest BCUT2D eigenvalue weighted by Crippen LogP contribution is 2.15. The van der Waals surface area contributed by atoms with E-state index in [-0.39, 0.29) is 5.91 Å². The number of carbonyl (C=O) groups is 1. The van der Waals surface area contributed by atoms with Crippen molar-refractivity contribution in [3.05, 3.63) is 24.0 Å². The van der Waals surface area contributed by atoms with Crippen molar-refractivity contribution in [2.24, 2.45) is 0 Å². The lowest BCUT2D eigenvalue weighted by molar-refractivity contribution is -0.116. The Morgan fingerprint density at radius 3 is 2.94 bits per heavy atom. The summed E-state index contributed by atoms with van der Waals surface area (Å²) in [5.41, 5.74) is 2.40. The Morgan fingerprint density at radius 2 is 2.35 bits per heavy atom. The number of H-pyrrole nitrogens is 1. The number of anilines is 1. The highest BCUT2D eigenvalue weighted by Gasteiger charge is 2.10. The number of nitrogens with zero attached hydrogens (tertiary/aromatic N) is 4. The van der Waals surface area contributed by atoms with Crippen LogP contribution >= 0.6 is 0 Å². The molecule has 2 aromatic heterocycles. The van der Waals surface area contributed by atoms with Crippen molar-refractivity contribution in [2.75, 3.05) is 5.32 Å². The molecule has 1 amide bonds. The smallest absolute Gasteiger partial charge is 0.226 e. The number of aromatic nitrogens is 5.